The summed E-state index contributed by atoms with van der Waals surface area (Å²) >= 11 is 0. The summed E-state index contributed by atoms with van der Waals surface area (Å²) < 4.78 is 16.8. The maximum absolute atomic E-state index is 11.6. The molecule has 0 saturated carbocycles. The first kappa shape index (κ1) is 24.2. The summed E-state index contributed by atoms with van der Waals surface area (Å²) in [6.45, 7) is 8.77. The van der Waals surface area contributed by atoms with E-state index in [1.54, 1.807) is 6.07 Å². The Morgan fingerprint density at radius 3 is 1.93 bits per heavy atom. The van der Waals surface area contributed by atoms with Crippen LogP contribution in [0.25, 0.3) is 0 Å². The van der Waals surface area contributed by atoms with Crippen LogP contribution < -0.4 is 4.52 Å². The van der Waals surface area contributed by atoms with Crippen LogP contribution in [0.4, 0.5) is 0 Å². The predicted octanol–water partition coefficient (Wildman–Crippen LogP) is 7.31. The van der Waals surface area contributed by atoms with Gasteiger partial charge in [0, 0.05) is 5.56 Å². The highest BCUT2D eigenvalue weighted by Gasteiger charge is 2.27. The molecule has 2 N–H and O–H groups in total. The van der Waals surface area contributed by atoms with E-state index in [0.29, 0.717) is 11.7 Å². The maximum Gasteiger partial charge on any atom is 0.524 e. The molecule has 0 radical (unpaired) electrons. The molecule has 4 nitrogen and oxygen atoms in total. The Balaban J connectivity index is 3.45. The second-order valence-corrected chi connectivity index (χ2v) is 8.76. The zero-order chi connectivity index (χ0) is 20.3. The Labute approximate surface area is 166 Å². The molecule has 0 aliphatic rings. The van der Waals surface area contributed by atoms with Gasteiger partial charge in [0.05, 0.1) is 0 Å². The summed E-state index contributed by atoms with van der Waals surface area (Å²) in [4.78, 5) is 18.9. The van der Waals surface area contributed by atoms with E-state index in [4.69, 9.17) is 4.52 Å². The number of unbranched alkanes of at least 4 members (excludes halogenated alkanes) is 2. The Kier molecular flexibility index (Phi) is 11.3. The first-order valence-electron chi connectivity index (χ1n) is 10.8. The van der Waals surface area contributed by atoms with Crippen molar-refractivity contribution >= 4 is 7.82 Å². The van der Waals surface area contributed by atoms with Crippen LogP contribution in [0.15, 0.2) is 18.2 Å². The zero-order valence-corrected chi connectivity index (χ0v) is 18.5. The quantitative estimate of drug-likeness (QED) is 0.322. The van der Waals surface area contributed by atoms with Crippen LogP contribution >= 0.6 is 7.82 Å². The van der Waals surface area contributed by atoms with Gasteiger partial charge in [-0.3, -0.25) is 9.79 Å². The van der Waals surface area contributed by atoms with Gasteiger partial charge >= 0.3 is 7.82 Å². The van der Waals surface area contributed by atoms with Crippen LogP contribution in [-0.2, 0) is 4.57 Å². The summed E-state index contributed by atoms with van der Waals surface area (Å²) in [6, 6.07) is 5.78. The molecule has 1 aromatic carbocycles. The smallest absolute Gasteiger partial charge is 0.404 e. The van der Waals surface area contributed by atoms with Crippen molar-refractivity contribution in [3.63, 3.8) is 0 Å². The highest BCUT2D eigenvalue weighted by atomic mass is 31.2. The van der Waals surface area contributed by atoms with Crippen LogP contribution in [0.2, 0.25) is 0 Å². The standard InChI is InChI=1S/C22H39O4P/c1-5-9-14-18(12-7-3)20-16-11-17-21(26-27(23,24)25)22(20)19(13-8-4)15-10-6-2/h11,16-19H,5-10,12-15H2,1-4H3,(H2,23,24,25). The molecule has 0 saturated heterocycles. The SMILES string of the molecule is CCCCC(CCC)c1cccc(OP(=O)(O)O)c1C(CCC)CCCC. The molecule has 0 aliphatic heterocycles. The number of hydrogen-bond acceptors (Lipinski definition) is 2. The van der Waals surface area contributed by atoms with Gasteiger partial charge in [-0.2, -0.15) is 0 Å². The molecular weight excluding hydrogens is 359 g/mol. The van der Waals surface area contributed by atoms with Crippen LogP contribution in [0.1, 0.15) is 115 Å². The molecule has 2 atom stereocenters. The molecule has 0 aromatic heterocycles. The van der Waals surface area contributed by atoms with Gasteiger partial charge in [0.15, 0.2) is 0 Å². The molecule has 0 fully saturated rings. The van der Waals surface area contributed by atoms with Gasteiger partial charge in [0.2, 0.25) is 0 Å². The summed E-state index contributed by atoms with van der Waals surface area (Å²) in [6.07, 6.45) is 11.0. The van der Waals surface area contributed by atoms with Crippen molar-refractivity contribution in [2.75, 3.05) is 0 Å². The number of phosphoric ester groups is 1. The average Bonchev–Trinajstić information content (AvgIpc) is 2.61. The van der Waals surface area contributed by atoms with Gasteiger partial charge in [-0.15, -0.1) is 0 Å². The second-order valence-electron chi connectivity index (χ2n) is 7.60. The third-order valence-corrected chi connectivity index (χ3v) is 5.69. The van der Waals surface area contributed by atoms with Crippen LogP contribution in [0.3, 0.4) is 0 Å². The monoisotopic (exact) mass is 398 g/mol. The number of hydrogen-bond donors (Lipinski definition) is 2. The molecule has 0 bridgehead atoms. The van der Waals surface area contributed by atoms with Crippen LogP contribution in [-0.4, -0.2) is 9.79 Å². The Morgan fingerprint density at radius 1 is 0.852 bits per heavy atom. The normalized spacial score (nSPS) is 14.1. The number of benzene rings is 1. The van der Waals surface area contributed by atoms with Gasteiger partial charge in [0.1, 0.15) is 5.75 Å². The lowest BCUT2D eigenvalue weighted by atomic mass is 9.79. The van der Waals surface area contributed by atoms with E-state index in [0.717, 1.165) is 63.4 Å². The molecule has 1 rings (SSSR count). The van der Waals surface area contributed by atoms with Gasteiger partial charge in [-0.05, 0) is 49.1 Å². The lowest BCUT2D eigenvalue weighted by molar-refractivity contribution is 0.281. The van der Waals surface area contributed by atoms with E-state index >= 15 is 0 Å². The molecule has 0 amide bonds. The summed E-state index contributed by atoms with van der Waals surface area (Å²) in [5, 5.41) is 0. The highest BCUT2D eigenvalue weighted by molar-refractivity contribution is 7.46. The number of rotatable bonds is 14. The first-order chi connectivity index (χ1) is 12.9. The Bertz CT molecular complexity index is 582. The Morgan fingerprint density at radius 2 is 1.41 bits per heavy atom. The van der Waals surface area contributed by atoms with E-state index in [-0.39, 0.29) is 5.92 Å². The molecule has 2 unspecified atom stereocenters. The molecule has 1 aromatic rings. The summed E-state index contributed by atoms with van der Waals surface area (Å²) in [7, 11) is -4.59. The average molecular weight is 399 g/mol. The maximum atomic E-state index is 11.6. The van der Waals surface area contributed by atoms with Gasteiger partial charge in [0.25, 0.3) is 0 Å². The number of phosphoric acid groups is 1. The van der Waals surface area contributed by atoms with Gasteiger partial charge in [-0.25, -0.2) is 4.57 Å². The van der Waals surface area contributed by atoms with Crippen molar-refractivity contribution in [2.45, 2.75) is 104 Å². The van der Waals surface area contributed by atoms with Crippen molar-refractivity contribution in [1.82, 2.24) is 0 Å². The van der Waals surface area contributed by atoms with Crippen molar-refractivity contribution in [1.29, 1.82) is 0 Å². The minimum atomic E-state index is -4.59. The van der Waals surface area contributed by atoms with E-state index < -0.39 is 7.82 Å². The molecule has 27 heavy (non-hydrogen) atoms. The van der Waals surface area contributed by atoms with Crippen molar-refractivity contribution in [3.8, 4) is 5.75 Å². The fraction of sp³-hybridized carbons (Fsp3) is 0.727. The molecular formula is C22H39O4P. The first-order valence-corrected chi connectivity index (χ1v) is 12.3. The predicted molar refractivity (Wildman–Crippen MR) is 113 cm³/mol. The minimum absolute atomic E-state index is 0.286. The van der Waals surface area contributed by atoms with Gasteiger partial charge < -0.3 is 4.52 Å². The molecule has 0 heterocycles. The summed E-state index contributed by atoms with van der Waals surface area (Å²) in [5.41, 5.74) is 2.29. The van der Waals surface area contributed by atoms with Crippen LogP contribution in [0, 0.1) is 0 Å². The lowest BCUT2D eigenvalue weighted by Crippen LogP contribution is -2.10. The molecule has 0 aliphatic carbocycles. The largest absolute Gasteiger partial charge is 0.524 e. The molecule has 156 valence electrons. The fourth-order valence-corrected chi connectivity index (χ4v) is 4.46. The van der Waals surface area contributed by atoms with Crippen molar-refractivity contribution in [2.24, 2.45) is 0 Å². The molecule has 5 heteroatoms. The van der Waals surface area contributed by atoms with Crippen molar-refractivity contribution in [3.05, 3.63) is 29.3 Å². The van der Waals surface area contributed by atoms with Gasteiger partial charge in [-0.1, -0.05) is 78.4 Å². The minimum Gasteiger partial charge on any atom is -0.404 e. The highest BCUT2D eigenvalue weighted by Crippen LogP contribution is 2.46. The van der Waals surface area contributed by atoms with E-state index in [1.807, 2.05) is 6.07 Å². The third kappa shape index (κ3) is 8.37. The topological polar surface area (TPSA) is 66.8 Å². The van der Waals surface area contributed by atoms with Crippen LogP contribution in [0.5, 0.6) is 5.75 Å². The van der Waals surface area contributed by atoms with E-state index in [9.17, 15) is 14.4 Å². The zero-order valence-electron chi connectivity index (χ0n) is 17.6. The Hall–Kier alpha value is -0.830. The fourth-order valence-electron chi connectivity index (χ4n) is 4.05. The molecule has 0 spiro atoms. The van der Waals surface area contributed by atoms with E-state index in [1.165, 1.54) is 12.0 Å². The van der Waals surface area contributed by atoms with E-state index in [2.05, 4.69) is 33.8 Å². The summed E-state index contributed by atoms with van der Waals surface area (Å²) in [5.74, 6) is 1.09. The lowest BCUT2D eigenvalue weighted by Gasteiger charge is -2.27. The van der Waals surface area contributed by atoms with Crippen molar-refractivity contribution < 1.29 is 18.9 Å². The second kappa shape index (κ2) is 12.6. The third-order valence-electron chi connectivity index (χ3n) is 5.25.